The molecule has 2 heterocycles. The Morgan fingerprint density at radius 2 is 1.78 bits per heavy atom. The highest BCUT2D eigenvalue weighted by Crippen LogP contribution is 2.26. The number of aryl methyl sites for hydroxylation is 2. The zero-order chi connectivity index (χ0) is 18.6. The first-order chi connectivity index (χ1) is 13.2. The fourth-order valence-electron chi connectivity index (χ4n) is 3.09. The van der Waals surface area contributed by atoms with Gasteiger partial charge in [0, 0.05) is 28.9 Å². The number of ether oxygens (including phenoxy) is 1. The SMILES string of the molecule is Nc1ncc(CCc2c[nH]c3ccc(OCc4ccccc4)cc23)c(N)n1. The van der Waals surface area contributed by atoms with Gasteiger partial charge in [-0.05, 0) is 42.2 Å². The Hall–Kier alpha value is -3.54. The van der Waals surface area contributed by atoms with E-state index in [1.165, 1.54) is 5.56 Å². The smallest absolute Gasteiger partial charge is 0.221 e. The topological polar surface area (TPSA) is 103 Å². The molecule has 0 unspecified atom stereocenters. The lowest BCUT2D eigenvalue weighted by molar-refractivity contribution is 0.306. The monoisotopic (exact) mass is 359 g/mol. The number of hydrogen-bond donors (Lipinski definition) is 3. The molecule has 27 heavy (non-hydrogen) atoms. The third kappa shape index (κ3) is 3.84. The van der Waals surface area contributed by atoms with Crippen LogP contribution in [0, 0.1) is 0 Å². The maximum absolute atomic E-state index is 5.95. The van der Waals surface area contributed by atoms with Gasteiger partial charge in [0.25, 0.3) is 0 Å². The van der Waals surface area contributed by atoms with Gasteiger partial charge in [0.1, 0.15) is 18.2 Å². The van der Waals surface area contributed by atoms with Crippen LogP contribution in [-0.4, -0.2) is 15.0 Å². The molecule has 6 nitrogen and oxygen atoms in total. The average Bonchev–Trinajstić information content (AvgIpc) is 3.09. The minimum Gasteiger partial charge on any atom is -0.489 e. The number of benzene rings is 2. The van der Waals surface area contributed by atoms with E-state index < -0.39 is 0 Å². The number of nitrogens with one attached hydrogen (secondary N) is 1. The number of aromatic nitrogens is 3. The zero-order valence-electron chi connectivity index (χ0n) is 14.9. The summed E-state index contributed by atoms with van der Waals surface area (Å²) < 4.78 is 5.95. The van der Waals surface area contributed by atoms with Crippen LogP contribution in [0.1, 0.15) is 16.7 Å². The molecule has 2 aromatic heterocycles. The van der Waals surface area contributed by atoms with Gasteiger partial charge in [-0.2, -0.15) is 4.98 Å². The van der Waals surface area contributed by atoms with Crippen molar-refractivity contribution in [1.82, 2.24) is 15.0 Å². The molecular weight excluding hydrogens is 338 g/mol. The second-order valence-electron chi connectivity index (χ2n) is 6.43. The number of hydrogen-bond acceptors (Lipinski definition) is 5. The van der Waals surface area contributed by atoms with Gasteiger partial charge in [-0.3, -0.25) is 0 Å². The van der Waals surface area contributed by atoms with Crippen LogP contribution in [0.5, 0.6) is 5.75 Å². The normalized spacial score (nSPS) is 11.0. The third-order valence-corrected chi connectivity index (χ3v) is 4.57. The van der Waals surface area contributed by atoms with E-state index >= 15 is 0 Å². The maximum Gasteiger partial charge on any atom is 0.221 e. The summed E-state index contributed by atoms with van der Waals surface area (Å²) in [7, 11) is 0. The van der Waals surface area contributed by atoms with Crippen LogP contribution in [0.25, 0.3) is 10.9 Å². The number of rotatable bonds is 6. The quantitative estimate of drug-likeness (QED) is 0.489. The lowest BCUT2D eigenvalue weighted by atomic mass is 10.0. The fourth-order valence-corrected chi connectivity index (χ4v) is 3.09. The summed E-state index contributed by atoms with van der Waals surface area (Å²) in [6.45, 7) is 0.547. The Morgan fingerprint density at radius 3 is 2.59 bits per heavy atom. The molecule has 4 aromatic rings. The van der Waals surface area contributed by atoms with E-state index in [0.29, 0.717) is 12.4 Å². The highest BCUT2D eigenvalue weighted by atomic mass is 16.5. The number of nitrogens with two attached hydrogens (primary N) is 2. The lowest BCUT2D eigenvalue weighted by Gasteiger charge is -2.07. The van der Waals surface area contributed by atoms with E-state index in [0.717, 1.165) is 40.6 Å². The molecule has 5 N–H and O–H groups in total. The molecule has 2 aromatic carbocycles. The first-order valence-electron chi connectivity index (χ1n) is 8.82. The first-order valence-corrected chi connectivity index (χ1v) is 8.82. The summed E-state index contributed by atoms with van der Waals surface area (Å²) in [6, 6.07) is 16.2. The Labute approximate surface area is 157 Å². The summed E-state index contributed by atoms with van der Waals surface area (Å²) in [5.41, 5.74) is 15.8. The highest BCUT2D eigenvalue weighted by molar-refractivity contribution is 5.84. The van der Waals surface area contributed by atoms with Crippen LogP contribution >= 0.6 is 0 Å². The van der Waals surface area contributed by atoms with Crippen molar-refractivity contribution in [2.24, 2.45) is 0 Å². The van der Waals surface area contributed by atoms with Gasteiger partial charge in [-0.25, -0.2) is 4.98 Å². The molecule has 0 aliphatic carbocycles. The van der Waals surface area contributed by atoms with E-state index in [1.807, 2.05) is 36.5 Å². The molecule has 6 heteroatoms. The third-order valence-electron chi connectivity index (χ3n) is 4.57. The standard InChI is InChI=1S/C21H21N5O/c22-20-16(12-25-21(23)26-20)7-6-15-11-24-19-9-8-17(10-18(15)19)27-13-14-4-2-1-3-5-14/h1-5,8-12,24H,6-7,13H2,(H4,22,23,25,26). The van der Waals surface area contributed by atoms with E-state index in [4.69, 9.17) is 16.2 Å². The molecule has 0 saturated carbocycles. The summed E-state index contributed by atoms with van der Waals surface area (Å²) in [5.74, 6) is 1.49. The van der Waals surface area contributed by atoms with Crippen LogP contribution in [-0.2, 0) is 19.4 Å². The Balaban J connectivity index is 1.49. The zero-order valence-corrected chi connectivity index (χ0v) is 14.9. The van der Waals surface area contributed by atoms with Crippen molar-refractivity contribution in [3.05, 3.63) is 77.6 Å². The average molecular weight is 359 g/mol. The van der Waals surface area contributed by atoms with Crippen LogP contribution < -0.4 is 16.2 Å². The molecule has 0 spiro atoms. The fraction of sp³-hybridized carbons (Fsp3) is 0.143. The maximum atomic E-state index is 5.95. The lowest BCUT2D eigenvalue weighted by Crippen LogP contribution is -2.04. The molecular formula is C21H21N5O. The molecule has 4 rings (SSSR count). The molecule has 136 valence electrons. The van der Waals surface area contributed by atoms with Crippen LogP contribution in [0.2, 0.25) is 0 Å². The molecule has 0 aliphatic heterocycles. The molecule has 0 amide bonds. The van der Waals surface area contributed by atoms with Crippen molar-refractivity contribution in [2.75, 3.05) is 11.5 Å². The predicted molar refractivity (Wildman–Crippen MR) is 107 cm³/mol. The molecule has 0 fully saturated rings. The Kier molecular flexibility index (Phi) is 4.61. The van der Waals surface area contributed by atoms with Crippen LogP contribution in [0.3, 0.4) is 0 Å². The van der Waals surface area contributed by atoms with E-state index in [-0.39, 0.29) is 5.95 Å². The van der Waals surface area contributed by atoms with Gasteiger partial charge < -0.3 is 21.2 Å². The largest absolute Gasteiger partial charge is 0.489 e. The van der Waals surface area contributed by atoms with Gasteiger partial charge in [-0.1, -0.05) is 30.3 Å². The molecule has 0 bridgehead atoms. The number of nitrogen functional groups attached to an aromatic ring is 2. The first kappa shape index (κ1) is 16.9. The van der Waals surface area contributed by atoms with E-state index in [9.17, 15) is 0 Å². The number of H-pyrrole nitrogens is 1. The van der Waals surface area contributed by atoms with Crippen molar-refractivity contribution in [1.29, 1.82) is 0 Å². The number of anilines is 2. The summed E-state index contributed by atoms with van der Waals surface area (Å²) >= 11 is 0. The van der Waals surface area contributed by atoms with Crippen molar-refractivity contribution < 1.29 is 4.74 Å². The summed E-state index contributed by atoms with van der Waals surface area (Å²) in [4.78, 5) is 11.4. The molecule has 0 aliphatic rings. The highest BCUT2D eigenvalue weighted by Gasteiger charge is 2.08. The van der Waals surface area contributed by atoms with Gasteiger partial charge in [0.05, 0.1) is 0 Å². The van der Waals surface area contributed by atoms with Gasteiger partial charge in [-0.15, -0.1) is 0 Å². The number of fused-ring (bicyclic) bond motifs is 1. The van der Waals surface area contributed by atoms with E-state index in [1.54, 1.807) is 6.20 Å². The second kappa shape index (κ2) is 7.37. The summed E-state index contributed by atoms with van der Waals surface area (Å²) in [6.07, 6.45) is 5.29. The van der Waals surface area contributed by atoms with Crippen molar-refractivity contribution in [3.8, 4) is 5.75 Å². The minimum absolute atomic E-state index is 0.198. The van der Waals surface area contributed by atoms with Crippen LogP contribution in [0.15, 0.2) is 60.9 Å². The minimum atomic E-state index is 0.198. The van der Waals surface area contributed by atoms with Gasteiger partial charge >= 0.3 is 0 Å². The molecule has 0 saturated heterocycles. The number of aromatic amines is 1. The molecule has 0 atom stereocenters. The van der Waals surface area contributed by atoms with Crippen molar-refractivity contribution in [3.63, 3.8) is 0 Å². The van der Waals surface area contributed by atoms with Crippen molar-refractivity contribution in [2.45, 2.75) is 19.4 Å². The van der Waals surface area contributed by atoms with Gasteiger partial charge in [0.15, 0.2) is 0 Å². The predicted octanol–water partition coefficient (Wildman–Crippen LogP) is 3.49. The van der Waals surface area contributed by atoms with Gasteiger partial charge in [0.2, 0.25) is 5.95 Å². The van der Waals surface area contributed by atoms with E-state index in [2.05, 4.69) is 33.2 Å². The second-order valence-corrected chi connectivity index (χ2v) is 6.43. The summed E-state index contributed by atoms with van der Waals surface area (Å²) in [5, 5.41) is 1.15. The molecule has 0 radical (unpaired) electrons. The van der Waals surface area contributed by atoms with Crippen LogP contribution in [0.4, 0.5) is 11.8 Å². The number of nitrogens with zero attached hydrogens (tertiary/aromatic N) is 2. The Bertz CT molecular complexity index is 1060. The van der Waals surface area contributed by atoms with Crippen molar-refractivity contribution >= 4 is 22.7 Å². The Morgan fingerprint density at radius 1 is 0.963 bits per heavy atom.